The van der Waals surface area contributed by atoms with E-state index in [1.54, 1.807) is 0 Å². The highest BCUT2D eigenvalue weighted by Gasteiger charge is 2.11. The van der Waals surface area contributed by atoms with Crippen LogP contribution in [0.15, 0.2) is 24.3 Å². The van der Waals surface area contributed by atoms with E-state index in [2.05, 4.69) is 16.2 Å². The van der Waals surface area contributed by atoms with Gasteiger partial charge < -0.3 is 14.8 Å². The van der Waals surface area contributed by atoms with E-state index in [0.717, 1.165) is 11.5 Å². The van der Waals surface area contributed by atoms with Crippen LogP contribution in [0.4, 0.5) is 0 Å². The van der Waals surface area contributed by atoms with E-state index in [9.17, 15) is 4.79 Å². The summed E-state index contributed by atoms with van der Waals surface area (Å²) in [6.07, 6.45) is 0.961. The van der Waals surface area contributed by atoms with Crippen molar-refractivity contribution in [1.29, 1.82) is 0 Å². The Labute approximate surface area is 149 Å². The number of carbonyl (C=O) groups excluding carboxylic acids is 1. The summed E-state index contributed by atoms with van der Waals surface area (Å²) in [7, 11) is 0. The molecule has 0 heterocycles. The Balaban J connectivity index is 2.16. The largest absolute Gasteiger partial charge is 0.494 e. The zero-order valence-electron chi connectivity index (χ0n) is 14.8. The van der Waals surface area contributed by atoms with Crippen LogP contribution in [0.2, 0.25) is 0 Å². The lowest BCUT2D eigenvalue weighted by atomic mass is 10.1. The second-order valence-electron chi connectivity index (χ2n) is 6.23. The van der Waals surface area contributed by atoms with Crippen LogP contribution < -0.4 is 25.6 Å². The van der Waals surface area contributed by atoms with Crippen LogP contribution in [0.5, 0.6) is 11.5 Å². The Kier molecular flexibility index (Phi) is 8.32. The molecule has 0 radical (unpaired) electrons. The first kappa shape index (κ1) is 20.0. The van der Waals surface area contributed by atoms with Crippen LogP contribution in [-0.4, -0.2) is 29.8 Å². The van der Waals surface area contributed by atoms with Gasteiger partial charge in [0.05, 0.1) is 13.2 Å². The van der Waals surface area contributed by atoms with Gasteiger partial charge in [0.2, 0.25) is 5.91 Å². The van der Waals surface area contributed by atoms with Gasteiger partial charge in [0, 0.05) is 12.0 Å². The maximum atomic E-state index is 11.7. The lowest BCUT2D eigenvalue weighted by Gasteiger charge is -2.23. The molecule has 0 unspecified atom stereocenters. The Morgan fingerprint density at radius 3 is 2.21 bits per heavy atom. The van der Waals surface area contributed by atoms with Crippen molar-refractivity contribution < 1.29 is 14.3 Å². The molecule has 1 rings (SSSR count). The number of hydrogen-bond donors (Lipinski definition) is 3. The molecule has 0 aliphatic heterocycles. The number of ether oxygens (including phenoxy) is 2. The molecule has 3 N–H and O–H groups in total. The highest BCUT2D eigenvalue weighted by atomic mass is 32.1. The Morgan fingerprint density at radius 1 is 1.08 bits per heavy atom. The average Bonchev–Trinajstić information content (AvgIpc) is 2.50. The van der Waals surface area contributed by atoms with Gasteiger partial charge in [-0.3, -0.25) is 15.6 Å². The second kappa shape index (κ2) is 9.97. The van der Waals surface area contributed by atoms with Crippen LogP contribution in [0, 0.1) is 0 Å². The van der Waals surface area contributed by atoms with Crippen molar-refractivity contribution in [2.24, 2.45) is 0 Å². The fraction of sp³-hybridized carbons (Fsp3) is 0.529. The first-order valence-electron chi connectivity index (χ1n) is 8.03. The molecule has 0 aliphatic rings. The molecular formula is C17H27N3O3S. The summed E-state index contributed by atoms with van der Waals surface area (Å²) in [5, 5.41) is 3.44. The highest BCUT2D eigenvalue weighted by Crippen LogP contribution is 2.17. The van der Waals surface area contributed by atoms with Gasteiger partial charge in [-0.1, -0.05) is 0 Å². The minimum absolute atomic E-state index is 0.136. The van der Waals surface area contributed by atoms with Crippen molar-refractivity contribution in [2.75, 3.05) is 13.2 Å². The van der Waals surface area contributed by atoms with Gasteiger partial charge in [0.25, 0.3) is 0 Å². The molecule has 0 bridgehead atoms. The number of benzene rings is 1. The Hall–Kier alpha value is -2.02. The summed E-state index contributed by atoms with van der Waals surface area (Å²) >= 11 is 5.08. The molecule has 0 spiro atoms. The molecule has 6 nitrogen and oxygen atoms in total. The fourth-order valence-corrected chi connectivity index (χ4v) is 2.14. The van der Waals surface area contributed by atoms with Gasteiger partial charge in [0.1, 0.15) is 11.5 Å². The van der Waals surface area contributed by atoms with Crippen molar-refractivity contribution in [1.82, 2.24) is 16.2 Å². The summed E-state index contributed by atoms with van der Waals surface area (Å²) in [6, 6.07) is 7.42. The standard InChI is InChI=1S/C17H27N3O3S/c1-5-22-13-8-10-14(11-9-13)23-12-6-7-15(21)19-20-16(24)18-17(2,3)4/h8-11H,5-7,12H2,1-4H3,(H,19,21)(H2,18,20,24). The SMILES string of the molecule is CCOc1ccc(OCCCC(=O)NNC(=S)NC(C)(C)C)cc1. The van der Waals surface area contributed by atoms with E-state index >= 15 is 0 Å². The van der Waals surface area contributed by atoms with E-state index in [0.29, 0.717) is 31.2 Å². The minimum Gasteiger partial charge on any atom is -0.494 e. The third kappa shape index (κ3) is 9.19. The van der Waals surface area contributed by atoms with E-state index < -0.39 is 0 Å². The molecule has 0 saturated heterocycles. The first-order chi connectivity index (χ1) is 11.3. The van der Waals surface area contributed by atoms with Gasteiger partial charge in [-0.15, -0.1) is 0 Å². The lowest BCUT2D eigenvalue weighted by Crippen LogP contribution is -2.52. The normalized spacial score (nSPS) is 10.7. The third-order valence-electron chi connectivity index (χ3n) is 2.76. The topological polar surface area (TPSA) is 71.6 Å². The lowest BCUT2D eigenvalue weighted by molar-refractivity contribution is -0.121. The van der Waals surface area contributed by atoms with Crippen LogP contribution in [0.25, 0.3) is 0 Å². The van der Waals surface area contributed by atoms with Crippen LogP contribution in [0.3, 0.4) is 0 Å². The summed E-state index contributed by atoms with van der Waals surface area (Å²) in [5.41, 5.74) is 5.09. The van der Waals surface area contributed by atoms with E-state index in [4.69, 9.17) is 21.7 Å². The van der Waals surface area contributed by atoms with E-state index in [1.165, 1.54) is 0 Å². The van der Waals surface area contributed by atoms with Gasteiger partial charge >= 0.3 is 0 Å². The number of hydrogen-bond acceptors (Lipinski definition) is 4. The number of nitrogens with one attached hydrogen (secondary N) is 3. The molecule has 1 aromatic carbocycles. The second-order valence-corrected chi connectivity index (χ2v) is 6.64. The molecule has 0 saturated carbocycles. The minimum atomic E-state index is -0.152. The zero-order valence-corrected chi connectivity index (χ0v) is 15.6. The molecule has 0 fully saturated rings. The summed E-state index contributed by atoms with van der Waals surface area (Å²) < 4.78 is 11.0. The molecule has 24 heavy (non-hydrogen) atoms. The number of amides is 1. The van der Waals surface area contributed by atoms with E-state index in [1.807, 2.05) is 52.0 Å². The van der Waals surface area contributed by atoms with Crippen molar-refractivity contribution >= 4 is 23.2 Å². The Morgan fingerprint density at radius 2 is 1.67 bits per heavy atom. The molecule has 0 atom stereocenters. The molecule has 1 amide bonds. The van der Waals surface area contributed by atoms with Gasteiger partial charge in [-0.25, -0.2) is 0 Å². The zero-order chi connectivity index (χ0) is 18.0. The Bertz CT molecular complexity index is 527. The molecule has 0 aliphatic carbocycles. The average molecular weight is 353 g/mol. The number of carbonyl (C=O) groups is 1. The summed E-state index contributed by atoms with van der Waals surface area (Å²) in [6.45, 7) is 9.00. The molecule has 7 heteroatoms. The third-order valence-corrected chi connectivity index (χ3v) is 2.96. The van der Waals surface area contributed by atoms with Crippen LogP contribution >= 0.6 is 12.2 Å². The summed E-state index contributed by atoms with van der Waals surface area (Å²) in [4.78, 5) is 11.7. The quantitative estimate of drug-likeness (QED) is 0.397. The maximum absolute atomic E-state index is 11.7. The number of rotatable bonds is 7. The fourth-order valence-electron chi connectivity index (χ4n) is 1.78. The molecule has 1 aromatic rings. The molecular weight excluding hydrogens is 326 g/mol. The van der Waals surface area contributed by atoms with Crippen molar-refractivity contribution in [3.8, 4) is 11.5 Å². The predicted molar refractivity (Wildman–Crippen MR) is 99.1 cm³/mol. The molecule has 0 aromatic heterocycles. The maximum Gasteiger partial charge on any atom is 0.238 e. The van der Waals surface area contributed by atoms with Gasteiger partial charge in [-0.2, -0.15) is 0 Å². The van der Waals surface area contributed by atoms with Gasteiger partial charge in [-0.05, 0) is 70.6 Å². The summed E-state index contributed by atoms with van der Waals surface area (Å²) in [5.74, 6) is 1.44. The number of thiocarbonyl (C=S) groups is 1. The van der Waals surface area contributed by atoms with Crippen LogP contribution in [0.1, 0.15) is 40.5 Å². The van der Waals surface area contributed by atoms with Gasteiger partial charge in [0.15, 0.2) is 5.11 Å². The molecule has 134 valence electrons. The monoisotopic (exact) mass is 353 g/mol. The highest BCUT2D eigenvalue weighted by molar-refractivity contribution is 7.80. The van der Waals surface area contributed by atoms with Crippen molar-refractivity contribution in [2.45, 2.75) is 46.1 Å². The van der Waals surface area contributed by atoms with Crippen molar-refractivity contribution in [3.63, 3.8) is 0 Å². The first-order valence-corrected chi connectivity index (χ1v) is 8.43. The van der Waals surface area contributed by atoms with Crippen LogP contribution in [-0.2, 0) is 4.79 Å². The van der Waals surface area contributed by atoms with Crippen molar-refractivity contribution in [3.05, 3.63) is 24.3 Å². The number of hydrazine groups is 1. The van der Waals surface area contributed by atoms with E-state index in [-0.39, 0.29) is 11.4 Å². The smallest absolute Gasteiger partial charge is 0.238 e. The predicted octanol–water partition coefficient (Wildman–Crippen LogP) is 2.54.